The number of nitrogens with zero attached hydrogens (tertiary/aromatic N) is 2. The van der Waals surface area contributed by atoms with Crippen molar-refractivity contribution in [1.82, 2.24) is 4.31 Å². The summed E-state index contributed by atoms with van der Waals surface area (Å²) in [5.74, 6) is -1.18. The maximum atomic E-state index is 12.6. The van der Waals surface area contributed by atoms with Gasteiger partial charge in [0.15, 0.2) is 6.10 Å². The lowest BCUT2D eigenvalue weighted by molar-refractivity contribution is -0.123. The van der Waals surface area contributed by atoms with Crippen LogP contribution in [0.3, 0.4) is 0 Å². The Morgan fingerprint density at radius 1 is 1.03 bits per heavy atom. The van der Waals surface area contributed by atoms with Gasteiger partial charge in [-0.2, -0.15) is 4.31 Å². The first-order valence-corrected chi connectivity index (χ1v) is 12.7. The molecule has 34 heavy (non-hydrogen) atoms. The molecule has 1 aliphatic heterocycles. The van der Waals surface area contributed by atoms with Crippen molar-refractivity contribution < 1.29 is 27.5 Å². The minimum absolute atomic E-state index is 0.0964. The number of esters is 1. The molecule has 2 aromatic carbocycles. The van der Waals surface area contributed by atoms with Crippen LogP contribution in [0.1, 0.15) is 31.1 Å². The molecular formula is C24H31N3O6S. The molecule has 0 aromatic heterocycles. The fraction of sp³-hybridized carbons (Fsp3) is 0.417. The molecule has 0 saturated carbocycles. The van der Waals surface area contributed by atoms with Gasteiger partial charge in [0.1, 0.15) is 0 Å². The molecule has 0 aliphatic carbocycles. The first-order chi connectivity index (χ1) is 16.3. The Balaban J connectivity index is 1.57. The summed E-state index contributed by atoms with van der Waals surface area (Å²) in [7, 11) is -3.62. The van der Waals surface area contributed by atoms with Crippen molar-refractivity contribution in [3.05, 3.63) is 54.1 Å². The molecule has 1 aliphatic rings. The summed E-state index contributed by atoms with van der Waals surface area (Å²) >= 11 is 0. The summed E-state index contributed by atoms with van der Waals surface area (Å²) in [6, 6.07) is 12.9. The topological polar surface area (TPSA) is 105 Å². The van der Waals surface area contributed by atoms with Crippen LogP contribution in [0.2, 0.25) is 0 Å². The maximum Gasteiger partial charge on any atom is 0.338 e. The van der Waals surface area contributed by atoms with Crippen LogP contribution in [-0.4, -0.2) is 70.1 Å². The third kappa shape index (κ3) is 6.13. The van der Waals surface area contributed by atoms with Crippen molar-refractivity contribution in [2.75, 3.05) is 49.6 Å². The zero-order chi connectivity index (χ0) is 24.7. The number of ether oxygens (including phenoxy) is 2. The molecular weight excluding hydrogens is 458 g/mol. The van der Waals surface area contributed by atoms with E-state index in [9.17, 15) is 18.0 Å². The van der Waals surface area contributed by atoms with Gasteiger partial charge in [0.05, 0.1) is 23.7 Å². The molecule has 1 N–H and O–H groups in total. The minimum atomic E-state index is -3.62. The van der Waals surface area contributed by atoms with Gasteiger partial charge in [-0.15, -0.1) is 0 Å². The van der Waals surface area contributed by atoms with E-state index in [4.69, 9.17) is 9.47 Å². The normalized spacial score (nSPS) is 15.1. The van der Waals surface area contributed by atoms with Crippen LogP contribution in [0.4, 0.5) is 11.4 Å². The highest BCUT2D eigenvalue weighted by atomic mass is 32.2. The quantitative estimate of drug-likeness (QED) is 0.540. The number of anilines is 2. The Hall–Kier alpha value is -2.95. The maximum absolute atomic E-state index is 12.6. The highest BCUT2D eigenvalue weighted by molar-refractivity contribution is 7.89. The largest absolute Gasteiger partial charge is 0.449 e. The number of nitrogens with one attached hydrogen (secondary N) is 1. The highest BCUT2D eigenvalue weighted by Crippen LogP contribution is 2.20. The molecule has 1 fully saturated rings. The monoisotopic (exact) mass is 489 g/mol. The van der Waals surface area contributed by atoms with E-state index < -0.39 is 28.0 Å². The van der Waals surface area contributed by atoms with Gasteiger partial charge in [-0.25, -0.2) is 13.2 Å². The molecule has 0 bridgehead atoms. The molecule has 1 atom stereocenters. The molecule has 0 radical (unpaired) electrons. The fourth-order valence-corrected chi connectivity index (χ4v) is 5.04. The van der Waals surface area contributed by atoms with Crippen LogP contribution in [0.25, 0.3) is 0 Å². The van der Waals surface area contributed by atoms with E-state index >= 15 is 0 Å². The molecule has 9 nitrogen and oxygen atoms in total. The Bertz CT molecular complexity index is 1080. The Kier molecular flexibility index (Phi) is 8.65. The molecule has 2 aromatic rings. The number of hydrogen-bond donors (Lipinski definition) is 1. The summed E-state index contributed by atoms with van der Waals surface area (Å²) in [5, 5.41) is 2.74. The zero-order valence-electron chi connectivity index (χ0n) is 19.7. The van der Waals surface area contributed by atoms with Crippen LogP contribution in [0.5, 0.6) is 0 Å². The molecule has 3 rings (SSSR count). The summed E-state index contributed by atoms with van der Waals surface area (Å²) in [6.07, 6.45) is -1.04. The van der Waals surface area contributed by atoms with Gasteiger partial charge in [-0.05, 0) is 55.5 Å². The van der Waals surface area contributed by atoms with Crippen molar-refractivity contribution in [2.45, 2.75) is 31.8 Å². The second-order valence-electron chi connectivity index (χ2n) is 7.80. The first-order valence-electron chi connectivity index (χ1n) is 11.3. The lowest BCUT2D eigenvalue weighted by Crippen LogP contribution is -2.36. The van der Waals surface area contributed by atoms with E-state index in [-0.39, 0.29) is 10.5 Å². The van der Waals surface area contributed by atoms with Crippen LogP contribution in [-0.2, 0) is 24.3 Å². The van der Waals surface area contributed by atoms with Crippen LogP contribution >= 0.6 is 0 Å². The number of benzene rings is 2. The SMILES string of the molecule is CCN(CC)S(=O)(=O)c1ccc(C(=O)OC(C)C(=O)Nc2ccc(N3CCOCC3)cc2)cc1. The highest BCUT2D eigenvalue weighted by Gasteiger charge is 2.23. The fourth-order valence-electron chi connectivity index (χ4n) is 3.58. The standard InChI is InChI=1S/C24H31N3O6S/c1-4-27(5-2)34(30,31)22-12-6-19(7-13-22)24(29)33-18(3)23(28)25-20-8-10-21(11-9-20)26-14-16-32-17-15-26/h6-13,18H,4-5,14-17H2,1-3H3,(H,25,28). The smallest absolute Gasteiger partial charge is 0.338 e. The molecule has 1 heterocycles. The second-order valence-corrected chi connectivity index (χ2v) is 9.73. The van der Waals surface area contributed by atoms with Gasteiger partial charge in [-0.1, -0.05) is 13.8 Å². The first kappa shape index (κ1) is 25.7. The summed E-state index contributed by atoms with van der Waals surface area (Å²) in [5.41, 5.74) is 1.80. The van der Waals surface area contributed by atoms with E-state index in [1.807, 2.05) is 12.1 Å². The number of hydrogen-bond acceptors (Lipinski definition) is 7. The van der Waals surface area contributed by atoms with E-state index in [0.717, 1.165) is 18.8 Å². The lowest BCUT2D eigenvalue weighted by atomic mass is 10.2. The molecule has 1 unspecified atom stereocenters. The second kappa shape index (κ2) is 11.5. The molecule has 1 saturated heterocycles. The summed E-state index contributed by atoms with van der Waals surface area (Å²) < 4.78 is 37.1. The van der Waals surface area contributed by atoms with Gasteiger partial charge >= 0.3 is 5.97 Å². The molecule has 184 valence electrons. The van der Waals surface area contributed by atoms with Gasteiger partial charge in [0.2, 0.25) is 10.0 Å². The lowest BCUT2D eigenvalue weighted by Gasteiger charge is -2.28. The number of carbonyl (C=O) groups is 2. The van der Waals surface area contributed by atoms with E-state index in [0.29, 0.717) is 32.0 Å². The van der Waals surface area contributed by atoms with Crippen molar-refractivity contribution in [1.29, 1.82) is 0 Å². The third-order valence-corrected chi connectivity index (χ3v) is 7.66. The zero-order valence-corrected chi connectivity index (χ0v) is 20.5. The van der Waals surface area contributed by atoms with Gasteiger partial charge < -0.3 is 19.7 Å². The third-order valence-electron chi connectivity index (χ3n) is 5.60. The number of amides is 1. The van der Waals surface area contributed by atoms with Crippen molar-refractivity contribution in [2.24, 2.45) is 0 Å². The van der Waals surface area contributed by atoms with E-state index in [1.54, 1.807) is 26.0 Å². The van der Waals surface area contributed by atoms with Crippen LogP contribution in [0, 0.1) is 0 Å². The van der Waals surface area contributed by atoms with Crippen molar-refractivity contribution in [3.63, 3.8) is 0 Å². The van der Waals surface area contributed by atoms with E-state index in [2.05, 4.69) is 10.2 Å². The molecule has 1 amide bonds. The molecule has 10 heteroatoms. The van der Waals surface area contributed by atoms with E-state index in [1.165, 1.54) is 35.5 Å². The number of carbonyl (C=O) groups excluding carboxylic acids is 2. The predicted octanol–water partition coefficient (Wildman–Crippen LogP) is 2.74. The average molecular weight is 490 g/mol. The Morgan fingerprint density at radius 3 is 2.18 bits per heavy atom. The van der Waals surface area contributed by atoms with Gasteiger partial charge in [0, 0.05) is 37.6 Å². The number of morpholine rings is 1. The predicted molar refractivity (Wildman–Crippen MR) is 130 cm³/mol. The van der Waals surface area contributed by atoms with Crippen LogP contribution < -0.4 is 10.2 Å². The number of sulfonamides is 1. The van der Waals surface area contributed by atoms with Crippen molar-refractivity contribution in [3.8, 4) is 0 Å². The summed E-state index contributed by atoms with van der Waals surface area (Å²) in [4.78, 5) is 27.3. The van der Waals surface area contributed by atoms with Crippen LogP contribution in [0.15, 0.2) is 53.4 Å². The number of rotatable bonds is 9. The average Bonchev–Trinajstić information content (AvgIpc) is 2.85. The van der Waals surface area contributed by atoms with Crippen molar-refractivity contribution >= 4 is 33.3 Å². The van der Waals surface area contributed by atoms with Gasteiger partial charge in [-0.3, -0.25) is 4.79 Å². The molecule has 0 spiro atoms. The van der Waals surface area contributed by atoms with Gasteiger partial charge in [0.25, 0.3) is 5.91 Å². The summed E-state index contributed by atoms with van der Waals surface area (Å²) in [6.45, 7) is 8.73. The Labute approximate surface area is 200 Å². The minimum Gasteiger partial charge on any atom is -0.449 e. The Morgan fingerprint density at radius 2 is 1.62 bits per heavy atom.